The molecular formula is C14H19F3N2O. The number of aromatic nitrogens is 1. The molecule has 0 bridgehead atoms. The third-order valence-corrected chi connectivity index (χ3v) is 3.02. The molecule has 0 aromatic carbocycles. The number of halogens is 3. The average Bonchev–Trinajstić information content (AvgIpc) is 3.14. The van der Waals surface area contributed by atoms with Crippen LogP contribution < -0.4 is 10.1 Å². The normalized spacial score (nSPS) is 15.4. The van der Waals surface area contributed by atoms with E-state index in [2.05, 4.69) is 10.3 Å². The molecule has 0 atom stereocenters. The van der Waals surface area contributed by atoms with Gasteiger partial charge in [0.2, 0.25) is 5.88 Å². The van der Waals surface area contributed by atoms with Crippen molar-refractivity contribution in [3.8, 4) is 5.88 Å². The van der Waals surface area contributed by atoms with E-state index in [0.717, 1.165) is 17.8 Å². The molecule has 0 spiro atoms. The highest BCUT2D eigenvalue weighted by atomic mass is 19.4. The Morgan fingerprint density at radius 3 is 2.75 bits per heavy atom. The largest absolute Gasteiger partial charge is 0.478 e. The van der Waals surface area contributed by atoms with Gasteiger partial charge in [0, 0.05) is 30.8 Å². The van der Waals surface area contributed by atoms with Crippen LogP contribution in [0.4, 0.5) is 13.2 Å². The maximum absolute atomic E-state index is 12.0. The molecule has 6 heteroatoms. The molecule has 0 radical (unpaired) electrons. The van der Waals surface area contributed by atoms with E-state index in [-0.39, 0.29) is 13.0 Å². The van der Waals surface area contributed by atoms with Gasteiger partial charge in [0.25, 0.3) is 0 Å². The van der Waals surface area contributed by atoms with Crippen LogP contribution in [0.2, 0.25) is 0 Å². The van der Waals surface area contributed by atoms with Crippen molar-refractivity contribution in [2.75, 3.05) is 6.61 Å². The molecule has 1 saturated carbocycles. The number of aryl methyl sites for hydroxylation is 1. The van der Waals surface area contributed by atoms with Gasteiger partial charge in [-0.1, -0.05) is 0 Å². The molecule has 0 amide bonds. The molecule has 1 aliphatic carbocycles. The zero-order chi connectivity index (χ0) is 14.6. The molecule has 1 N–H and O–H groups in total. The summed E-state index contributed by atoms with van der Waals surface area (Å²) in [4.78, 5) is 4.18. The van der Waals surface area contributed by atoms with E-state index < -0.39 is 12.6 Å². The van der Waals surface area contributed by atoms with Gasteiger partial charge in [-0.05, 0) is 37.8 Å². The van der Waals surface area contributed by atoms with E-state index in [1.807, 2.05) is 13.0 Å². The number of hydrogen-bond acceptors (Lipinski definition) is 3. The lowest BCUT2D eigenvalue weighted by atomic mass is 10.2. The molecule has 0 unspecified atom stereocenters. The molecule has 0 aliphatic heterocycles. The minimum atomic E-state index is -4.12. The van der Waals surface area contributed by atoms with E-state index in [1.165, 1.54) is 12.8 Å². The molecule has 1 aromatic rings. The van der Waals surface area contributed by atoms with Crippen molar-refractivity contribution in [3.05, 3.63) is 23.4 Å². The Morgan fingerprint density at radius 2 is 2.10 bits per heavy atom. The predicted octanol–water partition coefficient (Wildman–Crippen LogP) is 3.36. The van der Waals surface area contributed by atoms with E-state index in [9.17, 15) is 13.2 Å². The number of nitrogens with one attached hydrogen (secondary N) is 1. The third kappa shape index (κ3) is 5.77. The first-order valence-corrected chi connectivity index (χ1v) is 6.83. The fourth-order valence-electron chi connectivity index (χ4n) is 1.88. The van der Waals surface area contributed by atoms with Gasteiger partial charge < -0.3 is 10.1 Å². The van der Waals surface area contributed by atoms with Crippen LogP contribution in [0.15, 0.2) is 12.1 Å². The van der Waals surface area contributed by atoms with Crippen LogP contribution >= 0.6 is 0 Å². The van der Waals surface area contributed by atoms with E-state index in [4.69, 9.17) is 4.74 Å². The van der Waals surface area contributed by atoms with Gasteiger partial charge in [-0.3, -0.25) is 0 Å². The highest BCUT2D eigenvalue weighted by Crippen LogP contribution is 2.22. The van der Waals surface area contributed by atoms with Crippen molar-refractivity contribution < 1.29 is 17.9 Å². The first-order valence-electron chi connectivity index (χ1n) is 6.83. The molecule has 112 valence electrons. The summed E-state index contributed by atoms with van der Waals surface area (Å²) in [6.07, 6.45) is -2.57. The summed E-state index contributed by atoms with van der Waals surface area (Å²) in [6, 6.07) is 4.35. The Labute approximate surface area is 116 Å². The van der Waals surface area contributed by atoms with Gasteiger partial charge in [-0.25, -0.2) is 4.98 Å². The number of rotatable bonds is 7. The Morgan fingerprint density at radius 1 is 1.35 bits per heavy atom. The SMILES string of the molecule is Cc1cc(CNC2CC2)cc(OCCCC(F)(F)F)n1. The Bertz CT molecular complexity index is 445. The summed E-state index contributed by atoms with van der Waals surface area (Å²) < 4.78 is 41.3. The predicted molar refractivity (Wildman–Crippen MR) is 69.6 cm³/mol. The number of alkyl halides is 3. The smallest absolute Gasteiger partial charge is 0.389 e. The van der Waals surface area contributed by atoms with Crippen LogP contribution in [0.25, 0.3) is 0 Å². The lowest BCUT2D eigenvalue weighted by molar-refractivity contribution is -0.136. The number of ether oxygens (including phenoxy) is 1. The Kier molecular flexibility index (Phi) is 4.86. The second kappa shape index (κ2) is 6.43. The summed E-state index contributed by atoms with van der Waals surface area (Å²) in [5, 5.41) is 3.38. The standard InChI is InChI=1S/C14H19F3N2O/c1-10-7-11(9-18-12-3-4-12)8-13(19-10)20-6-2-5-14(15,16)17/h7-8,12,18H,2-6,9H2,1H3. The maximum atomic E-state index is 12.0. The lowest BCUT2D eigenvalue weighted by Gasteiger charge is -2.10. The Hall–Kier alpha value is -1.30. The first-order chi connectivity index (χ1) is 9.42. The summed E-state index contributed by atoms with van der Waals surface area (Å²) in [5.74, 6) is 0.403. The summed E-state index contributed by atoms with van der Waals surface area (Å²) >= 11 is 0. The molecule has 20 heavy (non-hydrogen) atoms. The fourth-order valence-corrected chi connectivity index (χ4v) is 1.88. The third-order valence-electron chi connectivity index (χ3n) is 3.02. The maximum Gasteiger partial charge on any atom is 0.389 e. The van der Waals surface area contributed by atoms with Gasteiger partial charge in [0.1, 0.15) is 0 Å². The molecule has 3 nitrogen and oxygen atoms in total. The van der Waals surface area contributed by atoms with Crippen LogP contribution in [0.5, 0.6) is 5.88 Å². The van der Waals surface area contributed by atoms with Crippen molar-refractivity contribution in [2.24, 2.45) is 0 Å². The monoisotopic (exact) mass is 288 g/mol. The molecule has 1 fully saturated rings. The Balaban J connectivity index is 1.80. The average molecular weight is 288 g/mol. The first kappa shape index (κ1) is 15.1. The van der Waals surface area contributed by atoms with E-state index >= 15 is 0 Å². The van der Waals surface area contributed by atoms with Crippen molar-refractivity contribution in [1.82, 2.24) is 10.3 Å². The molecule has 2 rings (SSSR count). The van der Waals surface area contributed by atoms with Crippen molar-refractivity contribution >= 4 is 0 Å². The zero-order valence-electron chi connectivity index (χ0n) is 11.5. The summed E-state index contributed by atoms with van der Waals surface area (Å²) in [6.45, 7) is 2.63. The molecule has 0 saturated heterocycles. The van der Waals surface area contributed by atoms with Crippen LogP contribution in [0.3, 0.4) is 0 Å². The molecule has 1 aliphatic rings. The van der Waals surface area contributed by atoms with Crippen LogP contribution in [0.1, 0.15) is 36.9 Å². The van der Waals surface area contributed by atoms with Gasteiger partial charge in [-0.2, -0.15) is 13.2 Å². The topological polar surface area (TPSA) is 34.1 Å². The lowest BCUT2D eigenvalue weighted by Crippen LogP contribution is -2.15. The molecular weight excluding hydrogens is 269 g/mol. The number of hydrogen-bond donors (Lipinski definition) is 1. The minimum Gasteiger partial charge on any atom is -0.478 e. The quantitative estimate of drug-likeness (QED) is 0.781. The van der Waals surface area contributed by atoms with Gasteiger partial charge in [0.15, 0.2) is 0 Å². The van der Waals surface area contributed by atoms with Crippen LogP contribution in [-0.2, 0) is 6.54 Å². The highest BCUT2D eigenvalue weighted by Gasteiger charge is 2.26. The fraction of sp³-hybridized carbons (Fsp3) is 0.643. The number of pyridine rings is 1. The van der Waals surface area contributed by atoms with Gasteiger partial charge in [-0.15, -0.1) is 0 Å². The van der Waals surface area contributed by atoms with Crippen molar-refractivity contribution in [2.45, 2.75) is 51.4 Å². The zero-order valence-corrected chi connectivity index (χ0v) is 11.5. The summed E-state index contributed by atoms with van der Waals surface area (Å²) in [7, 11) is 0. The minimum absolute atomic E-state index is 0.0332. The summed E-state index contributed by atoms with van der Waals surface area (Å²) in [5.41, 5.74) is 1.86. The highest BCUT2D eigenvalue weighted by molar-refractivity contribution is 5.24. The molecule has 1 heterocycles. The van der Waals surface area contributed by atoms with Crippen molar-refractivity contribution in [3.63, 3.8) is 0 Å². The van der Waals surface area contributed by atoms with E-state index in [1.54, 1.807) is 6.07 Å². The van der Waals surface area contributed by atoms with Crippen molar-refractivity contribution in [1.29, 1.82) is 0 Å². The number of nitrogens with zero attached hydrogens (tertiary/aromatic N) is 1. The van der Waals surface area contributed by atoms with Gasteiger partial charge >= 0.3 is 6.18 Å². The molecule has 1 aromatic heterocycles. The second-order valence-corrected chi connectivity index (χ2v) is 5.18. The van der Waals surface area contributed by atoms with Crippen LogP contribution in [0, 0.1) is 6.92 Å². The van der Waals surface area contributed by atoms with Gasteiger partial charge in [0.05, 0.1) is 6.61 Å². The van der Waals surface area contributed by atoms with Crippen LogP contribution in [-0.4, -0.2) is 23.8 Å². The van der Waals surface area contributed by atoms with E-state index in [0.29, 0.717) is 11.9 Å². The second-order valence-electron chi connectivity index (χ2n) is 5.18.